The average molecular weight is 483 g/mol. The smallest absolute Gasteiger partial charge is 0.315 e. The summed E-state index contributed by atoms with van der Waals surface area (Å²) < 4.78 is 39.5. The minimum atomic E-state index is -0.971. The van der Waals surface area contributed by atoms with Crippen molar-refractivity contribution in [2.24, 2.45) is 5.73 Å². The van der Waals surface area contributed by atoms with Gasteiger partial charge < -0.3 is 25.5 Å². The molecule has 0 unspecified atom stereocenters. The Balaban J connectivity index is 1.71. The number of carbonyl (C=O) groups is 1. The van der Waals surface area contributed by atoms with Gasteiger partial charge in [-0.1, -0.05) is 29.3 Å². The molecule has 2 amide bonds. The van der Waals surface area contributed by atoms with Crippen LogP contribution in [-0.4, -0.2) is 29.0 Å². The molecule has 0 bridgehead atoms. The number of fused-ring (bicyclic) bond motifs is 1. The molecule has 7 nitrogen and oxygen atoms in total. The van der Waals surface area contributed by atoms with E-state index >= 15 is 0 Å². The van der Waals surface area contributed by atoms with Gasteiger partial charge in [0.25, 0.3) is 0 Å². The topological polar surface area (TPSA) is 108 Å². The van der Waals surface area contributed by atoms with Crippen molar-refractivity contribution >= 4 is 51.6 Å². The second-order valence-electron chi connectivity index (χ2n) is 7.27. The Labute approximate surface area is 191 Å². The molecule has 0 fully saturated rings. The third-order valence-corrected chi connectivity index (χ3v) is 6.08. The highest BCUT2D eigenvalue weighted by atomic mass is 35.5. The normalized spacial score (nSPS) is 15.0. The first-order valence-corrected chi connectivity index (χ1v) is 10.3. The fraction of sp³-hybridized carbons (Fsp3) is 0.238. The Hall–Kier alpha value is -3.04. The molecule has 168 valence electrons. The van der Waals surface area contributed by atoms with Crippen LogP contribution >= 0.6 is 23.2 Å². The van der Waals surface area contributed by atoms with Crippen LogP contribution in [0.3, 0.4) is 0 Å². The number of rotatable bonds is 4. The number of pyridine rings is 1. The van der Waals surface area contributed by atoms with Gasteiger partial charge in [0.05, 0.1) is 21.7 Å². The lowest BCUT2D eigenvalue weighted by Gasteiger charge is -2.24. The van der Waals surface area contributed by atoms with Crippen molar-refractivity contribution in [1.82, 2.24) is 9.88 Å². The fourth-order valence-electron chi connectivity index (χ4n) is 3.64. The number of carbonyl (C=O) groups excluding carboxylic acids is 1. The van der Waals surface area contributed by atoms with E-state index in [2.05, 4.69) is 4.98 Å². The molecule has 3 aromatic rings. The second-order valence-corrected chi connectivity index (χ2v) is 8.03. The summed E-state index contributed by atoms with van der Waals surface area (Å²) in [5.74, 6) is -1.81. The van der Waals surface area contributed by atoms with Crippen molar-refractivity contribution in [1.29, 1.82) is 0 Å². The number of hydrogen-bond donors (Lipinski definition) is 2. The quantitative estimate of drug-likeness (QED) is 0.490. The number of nitrogen functional groups attached to an aromatic ring is 1. The van der Waals surface area contributed by atoms with Crippen LogP contribution in [0.25, 0.3) is 16.5 Å². The minimum Gasteiger partial charge on any atom is -0.478 e. The standard InChI is InChI=1S/C21H18Cl2F2N4O3/c1-9(15-16(22)13(24)6-14(25)17(15)23)32-19-18-11(7-28-20(19)26)12(8-31-18)10-2-4-29(5-3-10)21(27)30/h2,6-9H,3-5H2,1H3,(H2,26,28)(H2,27,30)/t9-/m1/s1. The first-order chi connectivity index (χ1) is 15.2. The number of primary amides is 1. The number of nitrogens with two attached hydrogens (primary N) is 2. The number of urea groups is 1. The molecule has 1 atom stereocenters. The largest absolute Gasteiger partial charge is 0.478 e. The lowest BCUT2D eigenvalue weighted by atomic mass is 9.99. The maximum absolute atomic E-state index is 14.0. The summed E-state index contributed by atoms with van der Waals surface area (Å²) in [4.78, 5) is 17.0. The van der Waals surface area contributed by atoms with E-state index in [4.69, 9.17) is 43.8 Å². The number of benzene rings is 1. The zero-order chi connectivity index (χ0) is 23.2. The van der Waals surface area contributed by atoms with E-state index in [1.807, 2.05) is 6.08 Å². The molecule has 3 heterocycles. The van der Waals surface area contributed by atoms with Crippen LogP contribution in [0.1, 0.15) is 30.6 Å². The number of anilines is 1. The van der Waals surface area contributed by atoms with E-state index in [1.165, 1.54) is 18.1 Å². The van der Waals surface area contributed by atoms with Crippen LogP contribution in [0.5, 0.6) is 5.75 Å². The van der Waals surface area contributed by atoms with Gasteiger partial charge in [0.15, 0.2) is 11.4 Å². The van der Waals surface area contributed by atoms with Gasteiger partial charge in [0, 0.05) is 36.5 Å². The number of amides is 2. The van der Waals surface area contributed by atoms with Crippen molar-refractivity contribution < 1.29 is 22.7 Å². The Kier molecular flexibility index (Phi) is 5.87. The molecule has 32 heavy (non-hydrogen) atoms. The molecule has 0 spiro atoms. The molecule has 4 rings (SSSR count). The molecule has 0 aliphatic carbocycles. The summed E-state index contributed by atoms with van der Waals surface area (Å²) in [6, 6.07) is 0.121. The zero-order valence-corrected chi connectivity index (χ0v) is 18.3. The van der Waals surface area contributed by atoms with Crippen LogP contribution in [0.4, 0.5) is 19.4 Å². The lowest BCUT2D eigenvalue weighted by Crippen LogP contribution is -2.38. The average Bonchev–Trinajstić information content (AvgIpc) is 3.19. The molecular formula is C21H18Cl2F2N4O3. The number of nitrogens with zero attached hydrogens (tertiary/aromatic N) is 2. The van der Waals surface area contributed by atoms with Crippen molar-refractivity contribution in [3.05, 3.63) is 57.4 Å². The molecule has 1 aliphatic heterocycles. The molecule has 0 saturated heterocycles. The van der Waals surface area contributed by atoms with E-state index < -0.39 is 23.8 Å². The predicted molar refractivity (Wildman–Crippen MR) is 118 cm³/mol. The van der Waals surface area contributed by atoms with Gasteiger partial charge in [-0.2, -0.15) is 0 Å². The van der Waals surface area contributed by atoms with E-state index in [0.717, 1.165) is 11.1 Å². The number of furan rings is 1. The van der Waals surface area contributed by atoms with Gasteiger partial charge in [-0.05, 0) is 18.9 Å². The van der Waals surface area contributed by atoms with Gasteiger partial charge in [-0.3, -0.25) is 0 Å². The summed E-state index contributed by atoms with van der Waals surface area (Å²) in [6.45, 7) is 2.37. The summed E-state index contributed by atoms with van der Waals surface area (Å²) in [7, 11) is 0. The highest BCUT2D eigenvalue weighted by Gasteiger charge is 2.26. The van der Waals surface area contributed by atoms with Crippen LogP contribution in [0.15, 0.2) is 29.0 Å². The van der Waals surface area contributed by atoms with Crippen molar-refractivity contribution in [2.45, 2.75) is 19.4 Å². The van der Waals surface area contributed by atoms with Crippen molar-refractivity contribution in [3.8, 4) is 5.75 Å². The Morgan fingerprint density at radius 3 is 2.59 bits per heavy atom. The van der Waals surface area contributed by atoms with Crippen molar-refractivity contribution in [2.75, 3.05) is 18.8 Å². The van der Waals surface area contributed by atoms with Crippen LogP contribution in [-0.2, 0) is 0 Å². The maximum atomic E-state index is 14.0. The van der Waals surface area contributed by atoms with E-state index in [0.29, 0.717) is 36.5 Å². The molecular weight excluding hydrogens is 465 g/mol. The van der Waals surface area contributed by atoms with E-state index in [9.17, 15) is 13.6 Å². The van der Waals surface area contributed by atoms with Crippen LogP contribution in [0.2, 0.25) is 10.0 Å². The summed E-state index contributed by atoms with van der Waals surface area (Å²) in [6.07, 6.45) is 4.57. The number of halogens is 4. The summed E-state index contributed by atoms with van der Waals surface area (Å²) in [5.41, 5.74) is 13.3. The highest BCUT2D eigenvalue weighted by molar-refractivity contribution is 6.36. The molecule has 0 radical (unpaired) electrons. The molecule has 1 aromatic carbocycles. The lowest BCUT2D eigenvalue weighted by molar-refractivity contribution is 0.213. The maximum Gasteiger partial charge on any atom is 0.315 e. The van der Waals surface area contributed by atoms with Crippen LogP contribution in [0, 0.1) is 11.6 Å². The number of aromatic nitrogens is 1. The number of hydrogen-bond acceptors (Lipinski definition) is 5. The Morgan fingerprint density at radius 1 is 1.31 bits per heavy atom. The van der Waals surface area contributed by atoms with Gasteiger partial charge in [-0.15, -0.1) is 0 Å². The monoisotopic (exact) mass is 482 g/mol. The molecule has 2 aromatic heterocycles. The summed E-state index contributed by atoms with van der Waals surface area (Å²) in [5, 5.41) is -0.0778. The Morgan fingerprint density at radius 2 is 2.00 bits per heavy atom. The molecule has 4 N–H and O–H groups in total. The van der Waals surface area contributed by atoms with Gasteiger partial charge in [-0.25, -0.2) is 18.6 Å². The van der Waals surface area contributed by atoms with E-state index in [1.54, 1.807) is 6.20 Å². The SMILES string of the molecule is C[C@@H](Oc1c(N)ncc2c(C3=CCN(C(N)=O)CC3)coc12)c1c(Cl)c(F)cc(F)c1Cl. The molecule has 1 aliphatic rings. The first kappa shape index (κ1) is 22.2. The Bertz CT molecular complexity index is 1240. The minimum absolute atomic E-state index is 0.0203. The summed E-state index contributed by atoms with van der Waals surface area (Å²) >= 11 is 12.0. The number of ether oxygens (including phenoxy) is 1. The first-order valence-electron chi connectivity index (χ1n) is 9.58. The van der Waals surface area contributed by atoms with Gasteiger partial charge >= 0.3 is 6.03 Å². The third kappa shape index (κ3) is 3.82. The van der Waals surface area contributed by atoms with Crippen LogP contribution < -0.4 is 16.2 Å². The van der Waals surface area contributed by atoms with Crippen molar-refractivity contribution in [3.63, 3.8) is 0 Å². The molecule has 0 saturated carbocycles. The van der Waals surface area contributed by atoms with E-state index in [-0.39, 0.29) is 27.2 Å². The zero-order valence-electron chi connectivity index (χ0n) is 16.8. The third-order valence-electron chi connectivity index (χ3n) is 5.31. The van der Waals surface area contributed by atoms with Gasteiger partial charge in [0.1, 0.15) is 17.7 Å². The van der Waals surface area contributed by atoms with Gasteiger partial charge in [0.2, 0.25) is 5.75 Å². The predicted octanol–water partition coefficient (Wildman–Crippen LogP) is 5.30. The molecule has 11 heteroatoms. The fourth-order valence-corrected chi connectivity index (χ4v) is 4.29. The second kappa shape index (κ2) is 8.48. The highest BCUT2D eigenvalue weighted by Crippen LogP contribution is 2.41.